The number of aryl methyl sites for hydroxylation is 2. The van der Waals surface area contributed by atoms with Gasteiger partial charge in [-0.2, -0.15) is 5.10 Å². The Morgan fingerprint density at radius 3 is 2.64 bits per heavy atom. The van der Waals surface area contributed by atoms with Crippen LogP contribution in [-0.2, 0) is 17.8 Å². The van der Waals surface area contributed by atoms with E-state index in [9.17, 15) is 9.59 Å². The number of rotatable bonds is 9. The summed E-state index contributed by atoms with van der Waals surface area (Å²) in [5.41, 5.74) is 2.47. The molecule has 0 radical (unpaired) electrons. The lowest BCUT2D eigenvalue weighted by molar-refractivity contribution is -0.116. The summed E-state index contributed by atoms with van der Waals surface area (Å²) in [5, 5.41) is 7.21. The van der Waals surface area contributed by atoms with Crippen molar-refractivity contribution in [3.63, 3.8) is 0 Å². The van der Waals surface area contributed by atoms with Crippen LogP contribution in [0.4, 0.5) is 5.69 Å². The molecule has 1 amide bonds. The van der Waals surface area contributed by atoms with Crippen LogP contribution >= 0.6 is 0 Å². The normalized spacial score (nSPS) is 10.8. The van der Waals surface area contributed by atoms with E-state index in [1.165, 1.54) is 29.2 Å². The zero-order valence-corrected chi connectivity index (χ0v) is 16.1. The van der Waals surface area contributed by atoms with Gasteiger partial charge < -0.3 is 9.73 Å². The fourth-order valence-electron chi connectivity index (χ4n) is 2.91. The molecule has 0 aliphatic rings. The van der Waals surface area contributed by atoms with Crippen molar-refractivity contribution in [1.29, 1.82) is 0 Å². The summed E-state index contributed by atoms with van der Waals surface area (Å²) in [6, 6.07) is 14.6. The lowest BCUT2D eigenvalue weighted by Crippen LogP contribution is -2.23. The number of carbonyl (C=O) groups is 1. The quantitative estimate of drug-likeness (QED) is 0.602. The van der Waals surface area contributed by atoms with E-state index in [1.54, 1.807) is 24.5 Å². The number of anilines is 1. The van der Waals surface area contributed by atoms with Gasteiger partial charge in [-0.3, -0.25) is 9.59 Å². The van der Waals surface area contributed by atoms with Crippen molar-refractivity contribution in [3.05, 3.63) is 70.7 Å². The summed E-state index contributed by atoms with van der Waals surface area (Å²) >= 11 is 0. The molecule has 6 heteroatoms. The summed E-state index contributed by atoms with van der Waals surface area (Å²) in [5.74, 6) is 0.533. The molecule has 2 aromatic heterocycles. The van der Waals surface area contributed by atoms with Crippen molar-refractivity contribution in [2.24, 2.45) is 0 Å². The van der Waals surface area contributed by atoms with E-state index < -0.39 is 0 Å². The van der Waals surface area contributed by atoms with Crippen LogP contribution < -0.4 is 10.9 Å². The van der Waals surface area contributed by atoms with E-state index in [2.05, 4.69) is 29.5 Å². The number of carbonyl (C=O) groups excluding carboxylic acids is 1. The second-order valence-electron chi connectivity index (χ2n) is 6.71. The molecule has 1 aromatic carbocycles. The number of unbranched alkanes of at least 4 members (excludes halogenated alkanes) is 1. The largest absolute Gasteiger partial charge is 0.463 e. The van der Waals surface area contributed by atoms with Gasteiger partial charge in [-0.1, -0.05) is 25.5 Å². The predicted octanol–water partition coefficient (Wildman–Crippen LogP) is 4.26. The molecule has 3 aromatic rings. The highest BCUT2D eigenvalue weighted by Crippen LogP contribution is 2.15. The summed E-state index contributed by atoms with van der Waals surface area (Å²) in [6.45, 7) is 2.54. The third-order valence-electron chi connectivity index (χ3n) is 4.47. The van der Waals surface area contributed by atoms with E-state index in [1.807, 2.05) is 12.1 Å². The maximum atomic E-state index is 12.2. The average Bonchev–Trinajstić information content (AvgIpc) is 3.24. The number of aromatic nitrogens is 2. The summed E-state index contributed by atoms with van der Waals surface area (Å²) in [6.07, 6.45) is 5.80. The van der Waals surface area contributed by atoms with E-state index in [0.29, 0.717) is 30.8 Å². The molecule has 1 N–H and O–H groups in total. The first kappa shape index (κ1) is 19.6. The SMILES string of the molecule is CCCCc1ccc(NC(=O)CCCn2nc(-c3ccco3)ccc2=O)cc1. The Morgan fingerprint density at radius 2 is 1.93 bits per heavy atom. The van der Waals surface area contributed by atoms with Gasteiger partial charge in [0.2, 0.25) is 5.91 Å². The predicted molar refractivity (Wildman–Crippen MR) is 109 cm³/mol. The molecule has 0 atom stereocenters. The van der Waals surface area contributed by atoms with Crippen LogP contribution in [0.15, 0.2) is 64.0 Å². The molecule has 0 spiro atoms. The fraction of sp³-hybridized carbons (Fsp3) is 0.318. The molecule has 0 bridgehead atoms. The Hall–Kier alpha value is -3.15. The Labute approximate surface area is 164 Å². The first-order chi connectivity index (χ1) is 13.7. The highest BCUT2D eigenvalue weighted by Gasteiger charge is 2.07. The monoisotopic (exact) mass is 379 g/mol. The smallest absolute Gasteiger partial charge is 0.266 e. The molecule has 28 heavy (non-hydrogen) atoms. The summed E-state index contributed by atoms with van der Waals surface area (Å²) < 4.78 is 6.68. The van der Waals surface area contributed by atoms with Crippen molar-refractivity contribution in [2.75, 3.05) is 5.32 Å². The second kappa shape index (κ2) is 9.69. The van der Waals surface area contributed by atoms with Crippen LogP contribution in [0.3, 0.4) is 0 Å². The molecule has 0 unspecified atom stereocenters. The van der Waals surface area contributed by atoms with Crippen molar-refractivity contribution in [3.8, 4) is 11.5 Å². The van der Waals surface area contributed by atoms with Crippen molar-refractivity contribution >= 4 is 11.6 Å². The number of amides is 1. The molecule has 0 fully saturated rings. The van der Waals surface area contributed by atoms with Crippen LogP contribution in [0.2, 0.25) is 0 Å². The number of nitrogens with zero attached hydrogens (tertiary/aromatic N) is 2. The molecule has 3 rings (SSSR count). The zero-order valence-electron chi connectivity index (χ0n) is 16.1. The van der Waals surface area contributed by atoms with Crippen molar-refractivity contribution in [1.82, 2.24) is 9.78 Å². The third kappa shape index (κ3) is 5.42. The van der Waals surface area contributed by atoms with Crippen LogP contribution in [0.5, 0.6) is 0 Å². The summed E-state index contributed by atoms with van der Waals surface area (Å²) in [7, 11) is 0. The van der Waals surface area contributed by atoms with Gasteiger partial charge in [-0.15, -0.1) is 0 Å². The van der Waals surface area contributed by atoms with Crippen LogP contribution in [0, 0.1) is 0 Å². The number of furan rings is 1. The minimum Gasteiger partial charge on any atom is -0.463 e. The number of hydrogen-bond donors (Lipinski definition) is 1. The molecular weight excluding hydrogens is 354 g/mol. The first-order valence-corrected chi connectivity index (χ1v) is 9.66. The topological polar surface area (TPSA) is 77.1 Å². The van der Waals surface area contributed by atoms with Gasteiger partial charge >= 0.3 is 0 Å². The highest BCUT2D eigenvalue weighted by atomic mass is 16.3. The van der Waals surface area contributed by atoms with E-state index in [4.69, 9.17) is 4.42 Å². The molecule has 0 aliphatic heterocycles. The van der Waals surface area contributed by atoms with Gasteiger partial charge in [0, 0.05) is 24.7 Å². The van der Waals surface area contributed by atoms with Crippen LogP contribution in [0.25, 0.3) is 11.5 Å². The highest BCUT2D eigenvalue weighted by molar-refractivity contribution is 5.90. The van der Waals surface area contributed by atoms with Gasteiger partial charge in [0.05, 0.1) is 6.26 Å². The Morgan fingerprint density at radius 1 is 1.11 bits per heavy atom. The fourth-order valence-corrected chi connectivity index (χ4v) is 2.91. The third-order valence-corrected chi connectivity index (χ3v) is 4.47. The molecule has 146 valence electrons. The lowest BCUT2D eigenvalue weighted by Gasteiger charge is -2.08. The van der Waals surface area contributed by atoms with E-state index in [0.717, 1.165) is 12.1 Å². The Kier molecular flexibility index (Phi) is 6.78. The van der Waals surface area contributed by atoms with Crippen LogP contribution in [-0.4, -0.2) is 15.7 Å². The molecule has 0 aliphatic carbocycles. The van der Waals surface area contributed by atoms with Gasteiger partial charge in [0.25, 0.3) is 5.56 Å². The number of hydrogen-bond acceptors (Lipinski definition) is 4. The lowest BCUT2D eigenvalue weighted by atomic mass is 10.1. The molecule has 0 saturated carbocycles. The Balaban J connectivity index is 1.50. The average molecular weight is 379 g/mol. The van der Waals surface area contributed by atoms with Gasteiger partial charge in [0.1, 0.15) is 5.69 Å². The van der Waals surface area contributed by atoms with Gasteiger partial charge in [0.15, 0.2) is 5.76 Å². The minimum absolute atomic E-state index is 0.0726. The molecule has 2 heterocycles. The van der Waals surface area contributed by atoms with Crippen LogP contribution in [0.1, 0.15) is 38.2 Å². The molecule has 0 saturated heterocycles. The molecular formula is C22H25N3O3. The first-order valence-electron chi connectivity index (χ1n) is 9.66. The van der Waals surface area contributed by atoms with Gasteiger partial charge in [-0.05, 0) is 55.2 Å². The maximum absolute atomic E-state index is 12.2. The van der Waals surface area contributed by atoms with E-state index >= 15 is 0 Å². The molecule has 6 nitrogen and oxygen atoms in total. The van der Waals surface area contributed by atoms with Gasteiger partial charge in [-0.25, -0.2) is 4.68 Å². The second-order valence-corrected chi connectivity index (χ2v) is 6.71. The van der Waals surface area contributed by atoms with Crippen molar-refractivity contribution < 1.29 is 9.21 Å². The van der Waals surface area contributed by atoms with E-state index in [-0.39, 0.29) is 11.5 Å². The minimum atomic E-state index is -0.196. The van der Waals surface area contributed by atoms with Crippen molar-refractivity contribution in [2.45, 2.75) is 45.6 Å². The number of nitrogens with one attached hydrogen (secondary N) is 1. The maximum Gasteiger partial charge on any atom is 0.266 e. The zero-order chi connectivity index (χ0) is 19.8. The number of benzene rings is 1. The Bertz CT molecular complexity index is 944. The summed E-state index contributed by atoms with van der Waals surface area (Å²) in [4.78, 5) is 24.1. The standard InChI is InChI=1S/C22H25N3O3/c1-2-3-6-17-9-11-18(12-10-17)23-21(26)8-4-15-25-22(27)14-13-19(24-25)20-7-5-16-28-20/h5,7,9-14,16H,2-4,6,8,15H2,1H3,(H,23,26).